The Balaban J connectivity index is 2.04. The molecule has 0 unspecified atom stereocenters. The van der Waals surface area contributed by atoms with E-state index in [1.165, 1.54) is 11.1 Å². The van der Waals surface area contributed by atoms with Crippen molar-refractivity contribution in [3.63, 3.8) is 0 Å². The molecule has 116 valence electrons. The van der Waals surface area contributed by atoms with Gasteiger partial charge in [-0.25, -0.2) is 0 Å². The van der Waals surface area contributed by atoms with E-state index in [9.17, 15) is 10.1 Å². The number of aromatic nitrogens is 1. The zero-order valence-electron chi connectivity index (χ0n) is 13.4. The number of rotatable bonds is 3. The van der Waals surface area contributed by atoms with Crippen molar-refractivity contribution in [1.29, 1.82) is 0 Å². The molecule has 0 spiro atoms. The fraction of sp³-hybridized carbons (Fsp3) is 0.158. The van der Waals surface area contributed by atoms with Crippen molar-refractivity contribution < 1.29 is 4.92 Å². The molecule has 2 aromatic carbocycles. The Morgan fingerprint density at radius 2 is 1.61 bits per heavy atom. The molecule has 4 nitrogen and oxygen atoms in total. The Kier molecular flexibility index (Phi) is 3.74. The van der Waals surface area contributed by atoms with Gasteiger partial charge in [0.15, 0.2) is 0 Å². The fourth-order valence-corrected chi connectivity index (χ4v) is 2.74. The molecule has 1 aromatic heterocycles. The average molecular weight is 306 g/mol. The molecule has 0 aliphatic heterocycles. The highest BCUT2D eigenvalue weighted by Crippen LogP contribution is 2.27. The highest BCUT2D eigenvalue weighted by molar-refractivity contribution is 5.66. The third kappa shape index (κ3) is 2.88. The molecule has 0 saturated carbocycles. The molecule has 0 atom stereocenters. The SMILES string of the molecule is Cc1ccc(C)c(-n2cc(-c3ccc([N+](=O)[O-])cc3)cc2C)c1. The van der Waals surface area contributed by atoms with E-state index in [4.69, 9.17) is 0 Å². The predicted octanol–water partition coefficient (Wildman–Crippen LogP) is 4.98. The Hall–Kier alpha value is -2.88. The van der Waals surface area contributed by atoms with Crippen LogP contribution in [0.2, 0.25) is 0 Å². The third-order valence-electron chi connectivity index (χ3n) is 4.05. The Morgan fingerprint density at radius 3 is 2.26 bits per heavy atom. The van der Waals surface area contributed by atoms with Crippen LogP contribution in [0, 0.1) is 30.9 Å². The third-order valence-corrected chi connectivity index (χ3v) is 4.05. The molecule has 0 aliphatic rings. The van der Waals surface area contributed by atoms with Crippen molar-refractivity contribution in [2.45, 2.75) is 20.8 Å². The molecule has 0 bridgehead atoms. The smallest absolute Gasteiger partial charge is 0.269 e. The van der Waals surface area contributed by atoms with Crippen LogP contribution in [-0.4, -0.2) is 9.49 Å². The number of aryl methyl sites for hydroxylation is 3. The van der Waals surface area contributed by atoms with Crippen LogP contribution in [0.1, 0.15) is 16.8 Å². The van der Waals surface area contributed by atoms with E-state index >= 15 is 0 Å². The lowest BCUT2D eigenvalue weighted by Crippen LogP contribution is -1.97. The molecule has 0 radical (unpaired) electrons. The van der Waals surface area contributed by atoms with Crippen LogP contribution in [0.25, 0.3) is 16.8 Å². The molecule has 0 saturated heterocycles. The van der Waals surface area contributed by atoms with Crippen molar-refractivity contribution in [2.24, 2.45) is 0 Å². The molecular formula is C19H18N2O2. The lowest BCUT2D eigenvalue weighted by molar-refractivity contribution is -0.384. The first-order valence-electron chi connectivity index (χ1n) is 7.47. The van der Waals surface area contributed by atoms with Gasteiger partial charge in [-0.1, -0.05) is 12.1 Å². The normalized spacial score (nSPS) is 10.7. The van der Waals surface area contributed by atoms with Gasteiger partial charge < -0.3 is 4.57 Å². The van der Waals surface area contributed by atoms with E-state index in [0.717, 1.165) is 22.5 Å². The number of hydrogen-bond donors (Lipinski definition) is 0. The first-order chi connectivity index (χ1) is 11.0. The summed E-state index contributed by atoms with van der Waals surface area (Å²) in [6.07, 6.45) is 2.08. The van der Waals surface area contributed by atoms with Gasteiger partial charge in [0.2, 0.25) is 0 Å². The summed E-state index contributed by atoms with van der Waals surface area (Å²) in [5.74, 6) is 0. The highest BCUT2D eigenvalue weighted by atomic mass is 16.6. The lowest BCUT2D eigenvalue weighted by atomic mass is 10.1. The summed E-state index contributed by atoms with van der Waals surface area (Å²) in [4.78, 5) is 10.4. The number of nitrogens with zero attached hydrogens (tertiary/aromatic N) is 2. The van der Waals surface area contributed by atoms with Crippen LogP contribution in [0.3, 0.4) is 0 Å². The molecule has 23 heavy (non-hydrogen) atoms. The standard InChI is InChI=1S/C19H18N2O2/c1-13-4-5-14(2)19(10-13)20-12-17(11-15(20)3)16-6-8-18(9-7-16)21(22)23/h4-12H,1-3H3. The summed E-state index contributed by atoms with van der Waals surface area (Å²) in [5.41, 5.74) is 6.86. The number of non-ortho nitro benzene ring substituents is 1. The summed E-state index contributed by atoms with van der Waals surface area (Å²) < 4.78 is 2.17. The first kappa shape index (κ1) is 15.0. The molecule has 4 heteroatoms. The molecule has 0 aliphatic carbocycles. The largest absolute Gasteiger partial charge is 0.320 e. The van der Waals surface area contributed by atoms with Crippen LogP contribution in [0.5, 0.6) is 0 Å². The van der Waals surface area contributed by atoms with Crippen LogP contribution in [0.4, 0.5) is 5.69 Å². The van der Waals surface area contributed by atoms with Gasteiger partial charge in [-0.3, -0.25) is 10.1 Å². The second-order valence-electron chi connectivity index (χ2n) is 5.83. The Morgan fingerprint density at radius 1 is 0.913 bits per heavy atom. The minimum absolute atomic E-state index is 0.111. The number of benzene rings is 2. The molecule has 3 rings (SSSR count). The Labute approximate surface area is 135 Å². The highest BCUT2D eigenvalue weighted by Gasteiger charge is 2.10. The van der Waals surface area contributed by atoms with E-state index in [1.54, 1.807) is 24.3 Å². The van der Waals surface area contributed by atoms with E-state index in [0.29, 0.717) is 0 Å². The van der Waals surface area contributed by atoms with E-state index in [1.807, 2.05) is 0 Å². The van der Waals surface area contributed by atoms with Crippen molar-refractivity contribution in [2.75, 3.05) is 0 Å². The van der Waals surface area contributed by atoms with Crippen LogP contribution < -0.4 is 0 Å². The lowest BCUT2D eigenvalue weighted by Gasteiger charge is -2.10. The summed E-state index contributed by atoms with van der Waals surface area (Å²) in [5, 5.41) is 10.8. The van der Waals surface area contributed by atoms with Crippen molar-refractivity contribution in [3.8, 4) is 16.8 Å². The van der Waals surface area contributed by atoms with Gasteiger partial charge in [0.1, 0.15) is 0 Å². The monoisotopic (exact) mass is 306 g/mol. The maximum absolute atomic E-state index is 10.8. The van der Waals surface area contributed by atoms with Gasteiger partial charge in [0.25, 0.3) is 5.69 Å². The molecule has 1 heterocycles. The number of nitro benzene ring substituents is 1. The van der Waals surface area contributed by atoms with Gasteiger partial charge in [0.05, 0.1) is 4.92 Å². The van der Waals surface area contributed by atoms with Crippen molar-refractivity contribution in [1.82, 2.24) is 4.57 Å². The summed E-state index contributed by atoms with van der Waals surface area (Å²) >= 11 is 0. The van der Waals surface area contributed by atoms with Gasteiger partial charge in [-0.2, -0.15) is 0 Å². The number of hydrogen-bond acceptors (Lipinski definition) is 2. The molecule has 3 aromatic rings. The van der Waals surface area contributed by atoms with Gasteiger partial charge in [0, 0.05) is 35.3 Å². The van der Waals surface area contributed by atoms with E-state index in [-0.39, 0.29) is 10.6 Å². The number of nitro groups is 1. The van der Waals surface area contributed by atoms with Crippen molar-refractivity contribution in [3.05, 3.63) is 81.7 Å². The average Bonchev–Trinajstić information content (AvgIpc) is 2.91. The van der Waals surface area contributed by atoms with Crippen LogP contribution in [0.15, 0.2) is 54.7 Å². The predicted molar refractivity (Wildman–Crippen MR) is 92.1 cm³/mol. The van der Waals surface area contributed by atoms with E-state index < -0.39 is 0 Å². The molecule has 0 fully saturated rings. The van der Waals surface area contributed by atoms with Gasteiger partial charge in [-0.15, -0.1) is 0 Å². The first-order valence-corrected chi connectivity index (χ1v) is 7.47. The van der Waals surface area contributed by atoms with Gasteiger partial charge in [-0.05, 0) is 61.7 Å². The second kappa shape index (κ2) is 5.72. The second-order valence-corrected chi connectivity index (χ2v) is 5.83. The minimum Gasteiger partial charge on any atom is -0.320 e. The summed E-state index contributed by atoms with van der Waals surface area (Å²) in [7, 11) is 0. The van der Waals surface area contributed by atoms with Crippen molar-refractivity contribution >= 4 is 5.69 Å². The maximum atomic E-state index is 10.8. The summed E-state index contributed by atoms with van der Waals surface area (Å²) in [6.45, 7) is 6.25. The zero-order valence-corrected chi connectivity index (χ0v) is 13.4. The molecule has 0 amide bonds. The quantitative estimate of drug-likeness (QED) is 0.506. The van der Waals surface area contributed by atoms with Gasteiger partial charge >= 0.3 is 0 Å². The van der Waals surface area contributed by atoms with Crippen LogP contribution >= 0.6 is 0 Å². The van der Waals surface area contributed by atoms with Crippen LogP contribution in [-0.2, 0) is 0 Å². The molecular weight excluding hydrogens is 288 g/mol. The zero-order chi connectivity index (χ0) is 16.6. The topological polar surface area (TPSA) is 48.1 Å². The molecule has 0 N–H and O–H groups in total. The summed E-state index contributed by atoms with van der Waals surface area (Å²) in [6, 6.07) is 15.2. The maximum Gasteiger partial charge on any atom is 0.269 e. The Bertz CT molecular complexity index is 877. The minimum atomic E-state index is -0.379. The fourth-order valence-electron chi connectivity index (χ4n) is 2.74. The van der Waals surface area contributed by atoms with E-state index in [2.05, 4.69) is 55.8 Å².